The summed E-state index contributed by atoms with van der Waals surface area (Å²) in [5.74, 6) is 2.13. The van der Waals surface area contributed by atoms with E-state index >= 15 is 0 Å². The molecule has 0 atom stereocenters. The molecule has 152 valence electrons. The van der Waals surface area contributed by atoms with E-state index in [0.29, 0.717) is 35.1 Å². The third-order valence-electron chi connectivity index (χ3n) is 4.31. The molecule has 0 radical (unpaired) electrons. The number of benzene rings is 2. The number of hydrogen-bond acceptors (Lipinski definition) is 5. The molecule has 1 N–H and O–H groups in total. The second kappa shape index (κ2) is 8.97. The van der Waals surface area contributed by atoms with Crippen molar-refractivity contribution in [2.75, 3.05) is 18.2 Å². The Morgan fingerprint density at radius 3 is 2.57 bits per heavy atom. The number of ether oxygens (including phenoxy) is 2. The quantitative estimate of drug-likeness (QED) is 0.563. The van der Waals surface area contributed by atoms with Crippen molar-refractivity contribution in [1.29, 1.82) is 0 Å². The lowest BCUT2D eigenvalue weighted by Crippen LogP contribution is -2.21. The summed E-state index contributed by atoms with van der Waals surface area (Å²) in [6, 6.07) is 11.3. The summed E-state index contributed by atoms with van der Waals surface area (Å²) in [4.78, 5) is 23.9. The standard InChI is InChI=1S/C23H20N2O5/c1-4-12-30-20-11-6-16(14-21(20)29-5-2)13-19-15(3)24-25(22(19)26)18-9-7-17(8-10-18)23(27)28/h1,6-11,13-14H,5,12H2,2-3H3,(H,27,28)/b19-13+. The van der Waals surface area contributed by atoms with E-state index in [1.165, 1.54) is 17.1 Å². The lowest BCUT2D eigenvalue weighted by Gasteiger charge is -2.12. The number of hydrogen-bond donors (Lipinski definition) is 1. The SMILES string of the molecule is C#CCOc1ccc(/C=C2/C(=O)N(c3ccc(C(=O)O)cc3)N=C2C)cc1OCC. The van der Waals surface area contributed by atoms with Gasteiger partial charge in [-0.25, -0.2) is 4.79 Å². The number of carbonyl (C=O) groups excluding carboxylic acids is 1. The summed E-state index contributed by atoms with van der Waals surface area (Å²) in [5.41, 5.74) is 2.34. The molecule has 0 spiro atoms. The summed E-state index contributed by atoms with van der Waals surface area (Å²) in [6.45, 7) is 4.18. The smallest absolute Gasteiger partial charge is 0.335 e. The molecular weight excluding hydrogens is 384 g/mol. The molecule has 0 unspecified atom stereocenters. The van der Waals surface area contributed by atoms with Crippen LogP contribution in [-0.2, 0) is 4.79 Å². The van der Waals surface area contributed by atoms with Crippen LogP contribution >= 0.6 is 0 Å². The minimum atomic E-state index is -1.03. The summed E-state index contributed by atoms with van der Waals surface area (Å²) < 4.78 is 11.1. The van der Waals surface area contributed by atoms with Crippen LogP contribution in [0.4, 0.5) is 5.69 Å². The molecule has 0 aliphatic carbocycles. The number of nitrogens with zero attached hydrogens (tertiary/aromatic N) is 2. The topological polar surface area (TPSA) is 88.4 Å². The maximum Gasteiger partial charge on any atom is 0.335 e. The normalized spacial score (nSPS) is 14.4. The fourth-order valence-corrected chi connectivity index (χ4v) is 2.89. The minimum Gasteiger partial charge on any atom is -0.490 e. The summed E-state index contributed by atoms with van der Waals surface area (Å²) >= 11 is 0. The molecule has 1 amide bonds. The number of amides is 1. The molecule has 1 aliphatic rings. The van der Waals surface area contributed by atoms with Gasteiger partial charge in [0.05, 0.1) is 29.1 Å². The Balaban J connectivity index is 1.88. The van der Waals surface area contributed by atoms with E-state index in [4.69, 9.17) is 21.0 Å². The first-order valence-corrected chi connectivity index (χ1v) is 9.22. The van der Waals surface area contributed by atoms with Crippen LogP contribution in [0.5, 0.6) is 11.5 Å². The Kier molecular flexibility index (Phi) is 6.18. The highest BCUT2D eigenvalue weighted by molar-refractivity contribution is 6.32. The molecule has 1 heterocycles. The number of anilines is 1. The first-order chi connectivity index (χ1) is 14.4. The third-order valence-corrected chi connectivity index (χ3v) is 4.31. The van der Waals surface area contributed by atoms with Crippen LogP contribution in [0.25, 0.3) is 6.08 Å². The molecule has 7 nitrogen and oxygen atoms in total. The second-order valence-corrected chi connectivity index (χ2v) is 6.34. The van der Waals surface area contributed by atoms with Gasteiger partial charge in [0.2, 0.25) is 0 Å². The molecule has 1 aliphatic heterocycles. The van der Waals surface area contributed by atoms with Crippen molar-refractivity contribution in [2.24, 2.45) is 5.10 Å². The zero-order valence-electron chi connectivity index (χ0n) is 16.6. The fourth-order valence-electron chi connectivity index (χ4n) is 2.89. The van der Waals surface area contributed by atoms with Gasteiger partial charge in [-0.05, 0) is 61.9 Å². The predicted molar refractivity (Wildman–Crippen MR) is 114 cm³/mol. The Morgan fingerprint density at radius 2 is 1.93 bits per heavy atom. The number of aromatic carboxylic acids is 1. The van der Waals surface area contributed by atoms with E-state index in [0.717, 1.165) is 5.56 Å². The van der Waals surface area contributed by atoms with E-state index in [1.807, 2.05) is 6.92 Å². The average Bonchev–Trinajstić information content (AvgIpc) is 3.02. The number of carboxylic acids is 1. The molecule has 2 aromatic rings. The van der Waals surface area contributed by atoms with Gasteiger partial charge in [-0.2, -0.15) is 10.1 Å². The third kappa shape index (κ3) is 4.33. The van der Waals surface area contributed by atoms with E-state index in [-0.39, 0.29) is 18.1 Å². The van der Waals surface area contributed by atoms with Crippen molar-refractivity contribution in [1.82, 2.24) is 0 Å². The zero-order valence-corrected chi connectivity index (χ0v) is 16.6. The summed E-state index contributed by atoms with van der Waals surface area (Å²) in [6.07, 6.45) is 6.97. The van der Waals surface area contributed by atoms with Gasteiger partial charge in [0.25, 0.3) is 5.91 Å². The van der Waals surface area contributed by atoms with Crippen molar-refractivity contribution in [3.63, 3.8) is 0 Å². The first kappa shape index (κ1) is 20.7. The molecule has 0 saturated carbocycles. The number of carbonyl (C=O) groups is 2. The van der Waals surface area contributed by atoms with Gasteiger partial charge in [0.1, 0.15) is 6.61 Å². The van der Waals surface area contributed by atoms with E-state index in [2.05, 4.69) is 11.0 Å². The van der Waals surface area contributed by atoms with Crippen LogP contribution in [0.15, 0.2) is 53.1 Å². The van der Waals surface area contributed by atoms with Crippen molar-refractivity contribution >= 4 is 29.4 Å². The van der Waals surface area contributed by atoms with E-state index in [1.54, 1.807) is 43.3 Å². The zero-order chi connectivity index (χ0) is 21.7. The fraction of sp³-hybridized carbons (Fsp3) is 0.174. The Bertz CT molecular complexity index is 1080. The highest BCUT2D eigenvalue weighted by atomic mass is 16.5. The van der Waals surface area contributed by atoms with Gasteiger partial charge in [0, 0.05) is 0 Å². The van der Waals surface area contributed by atoms with Crippen LogP contribution in [0.1, 0.15) is 29.8 Å². The molecule has 0 saturated heterocycles. The van der Waals surface area contributed by atoms with Gasteiger partial charge in [-0.1, -0.05) is 12.0 Å². The number of carboxylic acid groups (broad SMARTS) is 1. The van der Waals surface area contributed by atoms with Crippen LogP contribution in [0.3, 0.4) is 0 Å². The maximum absolute atomic E-state index is 12.9. The van der Waals surface area contributed by atoms with Gasteiger partial charge >= 0.3 is 5.97 Å². The predicted octanol–water partition coefficient (Wildman–Crippen LogP) is 3.60. The number of rotatable bonds is 7. The Hall–Kier alpha value is -4.05. The highest BCUT2D eigenvalue weighted by Gasteiger charge is 2.28. The van der Waals surface area contributed by atoms with Crippen molar-refractivity contribution < 1.29 is 24.2 Å². The van der Waals surface area contributed by atoms with Crippen LogP contribution < -0.4 is 14.5 Å². The maximum atomic E-state index is 12.9. The molecule has 0 aromatic heterocycles. The molecule has 0 bridgehead atoms. The first-order valence-electron chi connectivity index (χ1n) is 9.22. The van der Waals surface area contributed by atoms with Crippen molar-refractivity contribution in [3.05, 3.63) is 59.2 Å². The molecule has 0 fully saturated rings. The summed E-state index contributed by atoms with van der Waals surface area (Å²) in [7, 11) is 0. The lowest BCUT2D eigenvalue weighted by molar-refractivity contribution is -0.114. The number of terminal acetylenes is 1. The van der Waals surface area contributed by atoms with Crippen molar-refractivity contribution in [3.8, 4) is 23.8 Å². The lowest BCUT2D eigenvalue weighted by atomic mass is 10.1. The van der Waals surface area contributed by atoms with Crippen LogP contribution in [0, 0.1) is 12.3 Å². The Labute approximate surface area is 174 Å². The van der Waals surface area contributed by atoms with Gasteiger partial charge in [-0.3, -0.25) is 4.79 Å². The molecule has 7 heteroatoms. The average molecular weight is 404 g/mol. The van der Waals surface area contributed by atoms with Gasteiger partial charge in [0.15, 0.2) is 11.5 Å². The van der Waals surface area contributed by atoms with E-state index < -0.39 is 5.97 Å². The monoisotopic (exact) mass is 404 g/mol. The van der Waals surface area contributed by atoms with Gasteiger partial charge < -0.3 is 14.6 Å². The number of hydrazone groups is 1. The van der Waals surface area contributed by atoms with Crippen LogP contribution in [-0.4, -0.2) is 35.9 Å². The van der Waals surface area contributed by atoms with Gasteiger partial charge in [-0.15, -0.1) is 6.42 Å². The van der Waals surface area contributed by atoms with Crippen LogP contribution in [0.2, 0.25) is 0 Å². The highest BCUT2D eigenvalue weighted by Crippen LogP contribution is 2.31. The van der Waals surface area contributed by atoms with E-state index in [9.17, 15) is 9.59 Å². The molecule has 30 heavy (non-hydrogen) atoms. The Morgan fingerprint density at radius 1 is 1.20 bits per heavy atom. The second-order valence-electron chi connectivity index (χ2n) is 6.34. The molecule has 2 aromatic carbocycles. The molecule has 3 rings (SSSR count). The summed E-state index contributed by atoms with van der Waals surface area (Å²) in [5, 5.41) is 14.6. The minimum absolute atomic E-state index is 0.125. The van der Waals surface area contributed by atoms with Crippen molar-refractivity contribution in [2.45, 2.75) is 13.8 Å². The largest absolute Gasteiger partial charge is 0.490 e. The molecular formula is C23H20N2O5.